The summed E-state index contributed by atoms with van der Waals surface area (Å²) < 4.78 is 1.89. The smallest absolute Gasteiger partial charge is 0.126 e. The average Bonchev–Trinajstić information content (AvgIpc) is 2.44. The van der Waals surface area contributed by atoms with Crippen molar-refractivity contribution in [3.63, 3.8) is 0 Å². The van der Waals surface area contributed by atoms with E-state index >= 15 is 0 Å². The summed E-state index contributed by atoms with van der Waals surface area (Å²) in [7, 11) is 2.12. The summed E-state index contributed by atoms with van der Waals surface area (Å²) in [5, 5.41) is 4.47. The van der Waals surface area contributed by atoms with Crippen LogP contribution >= 0.6 is 0 Å². The zero-order valence-corrected chi connectivity index (χ0v) is 8.25. The van der Waals surface area contributed by atoms with Crippen LogP contribution in [0.15, 0.2) is 0 Å². The maximum absolute atomic E-state index is 5.97. The highest BCUT2D eigenvalue weighted by atomic mass is 15.3. The normalized spacial score (nSPS) is 17.4. The predicted octanol–water partition coefficient (Wildman–Crippen LogP) is 0.473. The van der Waals surface area contributed by atoms with Crippen molar-refractivity contribution in [2.75, 3.05) is 19.3 Å². The van der Waals surface area contributed by atoms with E-state index in [1.54, 1.807) is 0 Å². The summed E-state index contributed by atoms with van der Waals surface area (Å²) in [6.07, 6.45) is 1.03. The minimum absolute atomic E-state index is 0.851. The van der Waals surface area contributed by atoms with Crippen LogP contribution in [0.1, 0.15) is 18.2 Å². The van der Waals surface area contributed by atoms with Gasteiger partial charge in [0.1, 0.15) is 5.82 Å². The molecule has 0 amide bonds. The van der Waals surface area contributed by atoms with Gasteiger partial charge >= 0.3 is 0 Å². The standard InChI is InChI=1S/C9H16N4/c1-3-13-9(10)7-6-12(2)5-4-8(7)11-13/h3-6,10H2,1-2H3. The molecule has 1 aromatic rings. The number of aromatic nitrogens is 2. The molecule has 0 unspecified atom stereocenters. The van der Waals surface area contributed by atoms with Gasteiger partial charge in [-0.05, 0) is 14.0 Å². The van der Waals surface area contributed by atoms with Crippen LogP contribution in [0.5, 0.6) is 0 Å². The number of hydrogen-bond acceptors (Lipinski definition) is 3. The van der Waals surface area contributed by atoms with Crippen molar-refractivity contribution in [2.45, 2.75) is 26.4 Å². The quantitative estimate of drug-likeness (QED) is 0.683. The van der Waals surface area contributed by atoms with E-state index in [4.69, 9.17) is 5.73 Å². The molecule has 13 heavy (non-hydrogen) atoms. The summed E-state index contributed by atoms with van der Waals surface area (Å²) in [4.78, 5) is 2.28. The molecule has 2 N–H and O–H groups in total. The second kappa shape index (κ2) is 3.03. The van der Waals surface area contributed by atoms with Crippen molar-refractivity contribution in [2.24, 2.45) is 0 Å². The van der Waals surface area contributed by atoms with Crippen LogP contribution in [-0.4, -0.2) is 28.3 Å². The molecule has 0 saturated heterocycles. The van der Waals surface area contributed by atoms with E-state index in [0.717, 1.165) is 31.9 Å². The second-order valence-corrected chi connectivity index (χ2v) is 3.61. The molecule has 0 aromatic carbocycles. The van der Waals surface area contributed by atoms with Crippen molar-refractivity contribution in [1.82, 2.24) is 14.7 Å². The second-order valence-electron chi connectivity index (χ2n) is 3.61. The van der Waals surface area contributed by atoms with Gasteiger partial charge in [-0.2, -0.15) is 5.10 Å². The van der Waals surface area contributed by atoms with Crippen LogP contribution in [0, 0.1) is 0 Å². The summed E-state index contributed by atoms with van der Waals surface area (Å²) in [5.41, 5.74) is 8.39. The summed E-state index contributed by atoms with van der Waals surface area (Å²) >= 11 is 0. The van der Waals surface area contributed by atoms with Crippen molar-refractivity contribution in [3.05, 3.63) is 11.3 Å². The molecule has 0 bridgehead atoms. The zero-order valence-electron chi connectivity index (χ0n) is 8.25. The minimum Gasteiger partial charge on any atom is -0.384 e. The molecule has 1 aromatic heterocycles. The van der Waals surface area contributed by atoms with Gasteiger partial charge in [-0.25, -0.2) is 4.68 Å². The monoisotopic (exact) mass is 180 g/mol. The van der Waals surface area contributed by atoms with E-state index in [2.05, 4.69) is 24.0 Å². The number of likely N-dealkylation sites (N-methyl/N-ethyl adjacent to an activating group) is 1. The van der Waals surface area contributed by atoms with Crippen LogP contribution in [-0.2, 0) is 19.5 Å². The van der Waals surface area contributed by atoms with Gasteiger partial charge in [0.15, 0.2) is 0 Å². The van der Waals surface area contributed by atoms with Gasteiger partial charge in [0.05, 0.1) is 5.69 Å². The minimum atomic E-state index is 0.851. The SMILES string of the molecule is CCn1nc2c(c1N)CN(C)CC2. The van der Waals surface area contributed by atoms with Crippen molar-refractivity contribution in [3.8, 4) is 0 Å². The molecular weight excluding hydrogens is 164 g/mol. The van der Waals surface area contributed by atoms with Gasteiger partial charge < -0.3 is 10.6 Å². The molecule has 1 aliphatic heterocycles. The molecule has 0 atom stereocenters. The fraction of sp³-hybridized carbons (Fsp3) is 0.667. The Bertz CT molecular complexity index is 316. The maximum Gasteiger partial charge on any atom is 0.126 e. The first-order valence-electron chi connectivity index (χ1n) is 4.75. The molecule has 4 heteroatoms. The lowest BCUT2D eigenvalue weighted by molar-refractivity contribution is 0.312. The van der Waals surface area contributed by atoms with Crippen LogP contribution < -0.4 is 5.73 Å². The molecular formula is C9H16N4. The zero-order chi connectivity index (χ0) is 9.42. The van der Waals surface area contributed by atoms with E-state index in [0.29, 0.717) is 0 Å². The van der Waals surface area contributed by atoms with Crippen LogP contribution in [0.2, 0.25) is 0 Å². The van der Waals surface area contributed by atoms with Gasteiger partial charge in [0, 0.05) is 31.6 Å². The summed E-state index contributed by atoms with van der Waals surface area (Å²) in [6, 6.07) is 0. The summed E-state index contributed by atoms with van der Waals surface area (Å²) in [5.74, 6) is 0.851. The van der Waals surface area contributed by atoms with Crippen molar-refractivity contribution in [1.29, 1.82) is 0 Å². The molecule has 0 radical (unpaired) electrons. The lowest BCUT2D eigenvalue weighted by atomic mass is 10.1. The van der Waals surface area contributed by atoms with Crippen LogP contribution in [0.25, 0.3) is 0 Å². The van der Waals surface area contributed by atoms with Crippen LogP contribution in [0.4, 0.5) is 5.82 Å². The molecule has 72 valence electrons. The Kier molecular flexibility index (Phi) is 2.00. The Labute approximate surface area is 78.3 Å². The lowest BCUT2D eigenvalue weighted by Gasteiger charge is -2.21. The van der Waals surface area contributed by atoms with Gasteiger partial charge in [-0.15, -0.1) is 0 Å². The number of fused-ring (bicyclic) bond motifs is 1. The Balaban J connectivity index is 2.40. The Morgan fingerprint density at radius 1 is 1.54 bits per heavy atom. The third-order valence-electron chi connectivity index (χ3n) is 2.63. The Morgan fingerprint density at radius 2 is 2.31 bits per heavy atom. The molecule has 2 rings (SSSR count). The third kappa shape index (κ3) is 1.31. The highest BCUT2D eigenvalue weighted by Crippen LogP contribution is 2.22. The van der Waals surface area contributed by atoms with Crippen molar-refractivity contribution < 1.29 is 0 Å². The van der Waals surface area contributed by atoms with E-state index in [9.17, 15) is 0 Å². The molecule has 0 spiro atoms. The molecule has 1 aliphatic rings. The van der Waals surface area contributed by atoms with Crippen LogP contribution in [0.3, 0.4) is 0 Å². The van der Waals surface area contributed by atoms with E-state index in [-0.39, 0.29) is 0 Å². The largest absolute Gasteiger partial charge is 0.384 e. The highest BCUT2D eigenvalue weighted by Gasteiger charge is 2.20. The van der Waals surface area contributed by atoms with Gasteiger partial charge in [0.25, 0.3) is 0 Å². The van der Waals surface area contributed by atoms with Gasteiger partial charge in [-0.1, -0.05) is 0 Å². The van der Waals surface area contributed by atoms with E-state index in [1.165, 1.54) is 11.3 Å². The topological polar surface area (TPSA) is 47.1 Å². The Hall–Kier alpha value is -1.03. The molecule has 4 nitrogen and oxygen atoms in total. The average molecular weight is 180 g/mol. The lowest BCUT2D eigenvalue weighted by Crippen LogP contribution is -2.26. The first kappa shape index (κ1) is 8.56. The summed E-state index contributed by atoms with van der Waals surface area (Å²) in [6.45, 7) is 4.97. The fourth-order valence-electron chi connectivity index (χ4n) is 1.82. The molecule has 2 heterocycles. The molecule has 0 aliphatic carbocycles. The highest BCUT2D eigenvalue weighted by molar-refractivity contribution is 5.44. The predicted molar refractivity (Wildman–Crippen MR) is 52.4 cm³/mol. The first-order valence-corrected chi connectivity index (χ1v) is 4.75. The van der Waals surface area contributed by atoms with Gasteiger partial charge in [-0.3, -0.25) is 0 Å². The first-order chi connectivity index (χ1) is 6.22. The number of aryl methyl sites for hydroxylation is 1. The maximum atomic E-state index is 5.97. The number of rotatable bonds is 1. The molecule has 0 fully saturated rings. The number of anilines is 1. The third-order valence-corrected chi connectivity index (χ3v) is 2.63. The number of nitrogens with zero attached hydrogens (tertiary/aromatic N) is 3. The fourth-order valence-corrected chi connectivity index (χ4v) is 1.82. The number of nitrogen functional groups attached to an aromatic ring is 1. The molecule has 0 saturated carbocycles. The van der Waals surface area contributed by atoms with Crippen molar-refractivity contribution >= 4 is 5.82 Å². The van der Waals surface area contributed by atoms with E-state index in [1.807, 2.05) is 4.68 Å². The number of nitrogens with two attached hydrogens (primary N) is 1. The number of hydrogen-bond donors (Lipinski definition) is 1. The Morgan fingerprint density at radius 3 is 3.00 bits per heavy atom. The van der Waals surface area contributed by atoms with E-state index < -0.39 is 0 Å². The van der Waals surface area contributed by atoms with Gasteiger partial charge in [0.2, 0.25) is 0 Å².